The zero-order valence-corrected chi connectivity index (χ0v) is 12.6. The smallest absolute Gasteiger partial charge is 0.220 e. The summed E-state index contributed by atoms with van der Waals surface area (Å²) < 4.78 is 0. The lowest BCUT2D eigenvalue weighted by molar-refractivity contribution is -0.121. The van der Waals surface area contributed by atoms with Crippen LogP contribution in [0.3, 0.4) is 0 Å². The standard InChI is InChI=1S/C17H19ClN2O/c18-15-6-3-4-13(12-15)10-11-20-17(21)9-8-14-5-1-2-7-16(14)19/h1-7,12H,8-11,19H2,(H,20,21). The monoisotopic (exact) mass is 302 g/mol. The van der Waals surface area contributed by atoms with Gasteiger partial charge >= 0.3 is 0 Å². The number of hydrogen-bond acceptors (Lipinski definition) is 2. The molecule has 0 bridgehead atoms. The van der Waals surface area contributed by atoms with Crippen LogP contribution in [0.4, 0.5) is 5.69 Å². The van der Waals surface area contributed by atoms with Gasteiger partial charge in [0.25, 0.3) is 0 Å². The highest BCUT2D eigenvalue weighted by Crippen LogP contribution is 2.13. The topological polar surface area (TPSA) is 55.1 Å². The first-order chi connectivity index (χ1) is 10.1. The molecule has 0 spiro atoms. The predicted molar refractivity (Wildman–Crippen MR) is 87.3 cm³/mol. The van der Waals surface area contributed by atoms with Gasteiger partial charge in [-0.15, -0.1) is 0 Å². The van der Waals surface area contributed by atoms with Crippen molar-refractivity contribution < 1.29 is 4.79 Å². The molecule has 0 unspecified atom stereocenters. The van der Waals surface area contributed by atoms with Crippen molar-refractivity contribution in [2.75, 3.05) is 12.3 Å². The van der Waals surface area contributed by atoms with Crippen molar-refractivity contribution >= 4 is 23.2 Å². The first-order valence-electron chi connectivity index (χ1n) is 6.99. The van der Waals surface area contributed by atoms with Crippen molar-refractivity contribution in [3.63, 3.8) is 0 Å². The number of hydrogen-bond donors (Lipinski definition) is 2. The van der Waals surface area contributed by atoms with E-state index in [-0.39, 0.29) is 5.91 Å². The molecule has 110 valence electrons. The van der Waals surface area contributed by atoms with Gasteiger partial charge in [0.1, 0.15) is 0 Å². The van der Waals surface area contributed by atoms with Crippen LogP contribution in [0.5, 0.6) is 0 Å². The number of aryl methyl sites for hydroxylation is 1. The van der Waals surface area contributed by atoms with Crippen LogP contribution in [0.2, 0.25) is 5.02 Å². The summed E-state index contributed by atoms with van der Waals surface area (Å²) in [6.07, 6.45) is 1.89. The molecule has 0 radical (unpaired) electrons. The van der Waals surface area contributed by atoms with Crippen LogP contribution >= 0.6 is 11.6 Å². The lowest BCUT2D eigenvalue weighted by Gasteiger charge is -2.07. The molecule has 4 heteroatoms. The Kier molecular flexibility index (Phi) is 5.64. The molecular formula is C17H19ClN2O. The number of amides is 1. The third kappa shape index (κ3) is 5.12. The number of halogens is 1. The average Bonchev–Trinajstić information content (AvgIpc) is 2.46. The summed E-state index contributed by atoms with van der Waals surface area (Å²) in [5.41, 5.74) is 8.73. The number of nitrogen functional groups attached to an aromatic ring is 1. The number of rotatable bonds is 6. The third-order valence-corrected chi connectivity index (χ3v) is 3.54. The van der Waals surface area contributed by atoms with Gasteiger partial charge in [0.2, 0.25) is 5.91 Å². The fourth-order valence-electron chi connectivity index (χ4n) is 2.14. The molecule has 21 heavy (non-hydrogen) atoms. The van der Waals surface area contributed by atoms with Crippen molar-refractivity contribution in [2.45, 2.75) is 19.3 Å². The summed E-state index contributed by atoms with van der Waals surface area (Å²) in [4.78, 5) is 11.8. The van der Waals surface area contributed by atoms with Crippen molar-refractivity contribution in [3.05, 3.63) is 64.7 Å². The number of nitrogens with one attached hydrogen (secondary N) is 1. The molecule has 0 heterocycles. The van der Waals surface area contributed by atoms with E-state index in [1.807, 2.05) is 48.5 Å². The van der Waals surface area contributed by atoms with Crippen molar-refractivity contribution in [1.29, 1.82) is 0 Å². The van der Waals surface area contributed by atoms with Crippen molar-refractivity contribution in [2.24, 2.45) is 0 Å². The molecule has 2 rings (SSSR count). The van der Waals surface area contributed by atoms with E-state index in [1.54, 1.807) is 0 Å². The first kappa shape index (κ1) is 15.4. The largest absolute Gasteiger partial charge is 0.399 e. The molecule has 0 fully saturated rings. The van der Waals surface area contributed by atoms with Crippen LogP contribution in [0, 0.1) is 0 Å². The van der Waals surface area contributed by atoms with Crippen LogP contribution < -0.4 is 11.1 Å². The molecule has 2 aromatic rings. The molecule has 0 atom stereocenters. The van der Waals surface area contributed by atoms with Gasteiger partial charge in [-0.3, -0.25) is 4.79 Å². The molecule has 3 nitrogen and oxygen atoms in total. The zero-order valence-electron chi connectivity index (χ0n) is 11.8. The summed E-state index contributed by atoms with van der Waals surface area (Å²) in [5, 5.41) is 3.64. The summed E-state index contributed by atoms with van der Waals surface area (Å²) >= 11 is 5.92. The van der Waals surface area contributed by atoms with E-state index in [0.717, 1.165) is 28.3 Å². The molecular weight excluding hydrogens is 284 g/mol. The van der Waals surface area contributed by atoms with Crippen LogP contribution in [-0.2, 0) is 17.6 Å². The van der Waals surface area contributed by atoms with Gasteiger partial charge in [-0.2, -0.15) is 0 Å². The van der Waals surface area contributed by atoms with E-state index in [4.69, 9.17) is 17.3 Å². The summed E-state index contributed by atoms with van der Waals surface area (Å²) in [5.74, 6) is 0.0419. The van der Waals surface area contributed by atoms with Gasteiger partial charge in [-0.1, -0.05) is 41.9 Å². The number of carbonyl (C=O) groups excluding carboxylic acids is 1. The van der Waals surface area contributed by atoms with Gasteiger partial charge in [-0.05, 0) is 42.2 Å². The third-order valence-electron chi connectivity index (χ3n) is 3.30. The lowest BCUT2D eigenvalue weighted by atomic mass is 10.1. The van der Waals surface area contributed by atoms with Crippen LogP contribution in [0.15, 0.2) is 48.5 Å². The molecule has 3 N–H and O–H groups in total. The summed E-state index contributed by atoms with van der Waals surface area (Å²) in [7, 11) is 0. The maximum Gasteiger partial charge on any atom is 0.220 e. The van der Waals surface area contributed by atoms with E-state index in [9.17, 15) is 4.79 Å². The van der Waals surface area contributed by atoms with Gasteiger partial charge in [0.15, 0.2) is 0 Å². The molecule has 0 saturated heterocycles. The predicted octanol–water partition coefficient (Wildman–Crippen LogP) is 3.21. The van der Waals surface area contributed by atoms with Gasteiger partial charge in [-0.25, -0.2) is 0 Å². The van der Waals surface area contributed by atoms with E-state index < -0.39 is 0 Å². The molecule has 0 saturated carbocycles. The van der Waals surface area contributed by atoms with E-state index in [0.29, 0.717) is 19.4 Å². The minimum atomic E-state index is 0.0419. The van der Waals surface area contributed by atoms with E-state index >= 15 is 0 Å². The average molecular weight is 303 g/mol. The van der Waals surface area contributed by atoms with Crippen molar-refractivity contribution in [3.8, 4) is 0 Å². The van der Waals surface area contributed by atoms with Gasteiger partial charge in [0, 0.05) is 23.7 Å². The number of para-hydroxylation sites is 1. The Balaban J connectivity index is 1.72. The van der Waals surface area contributed by atoms with Crippen LogP contribution in [0.1, 0.15) is 17.5 Å². The Hall–Kier alpha value is -2.00. The van der Waals surface area contributed by atoms with Crippen molar-refractivity contribution in [1.82, 2.24) is 5.32 Å². The SMILES string of the molecule is Nc1ccccc1CCC(=O)NCCc1cccc(Cl)c1. The molecule has 0 aliphatic carbocycles. The Morgan fingerprint density at radius 3 is 2.67 bits per heavy atom. The maximum atomic E-state index is 11.8. The number of carbonyl (C=O) groups is 1. The second-order valence-electron chi connectivity index (χ2n) is 4.93. The molecule has 1 amide bonds. The first-order valence-corrected chi connectivity index (χ1v) is 7.37. The Bertz CT molecular complexity index is 613. The molecule has 2 aromatic carbocycles. The Labute approximate surface area is 130 Å². The molecule has 0 aliphatic heterocycles. The number of benzene rings is 2. The van der Waals surface area contributed by atoms with Crippen LogP contribution in [0.25, 0.3) is 0 Å². The Morgan fingerprint density at radius 1 is 1.10 bits per heavy atom. The molecule has 0 aromatic heterocycles. The zero-order chi connectivity index (χ0) is 15.1. The summed E-state index contributed by atoms with van der Waals surface area (Å²) in [6.45, 7) is 0.615. The van der Waals surface area contributed by atoms with Gasteiger partial charge < -0.3 is 11.1 Å². The quantitative estimate of drug-likeness (QED) is 0.805. The van der Waals surface area contributed by atoms with Crippen LogP contribution in [-0.4, -0.2) is 12.5 Å². The highest BCUT2D eigenvalue weighted by Gasteiger charge is 2.04. The normalized spacial score (nSPS) is 10.3. The van der Waals surface area contributed by atoms with Gasteiger partial charge in [0.05, 0.1) is 0 Å². The Morgan fingerprint density at radius 2 is 1.90 bits per heavy atom. The fourth-order valence-corrected chi connectivity index (χ4v) is 2.35. The highest BCUT2D eigenvalue weighted by atomic mass is 35.5. The highest BCUT2D eigenvalue weighted by molar-refractivity contribution is 6.30. The minimum absolute atomic E-state index is 0.0419. The molecule has 0 aliphatic rings. The second kappa shape index (κ2) is 7.70. The number of anilines is 1. The fraction of sp³-hybridized carbons (Fsp3) is 0.235. The van der Waals surface area contributed by atoms with E-state index in [1.165, 1.54) is 0 Å². The van der Waals surface area contributed by atoms with E-state index in [2.05, 4.69) is 5.32 Å². The maximum absolute atomic E-state index is 11.8. The second-order valence-corrected chi connectivity index (χ2v) is 5.37. The summed E-state index contributed by atoms with van der Waals surface area (Å²) in [6, 6.07) is 15.3. The lowest BCUT2D eigenvalue weighted by Crippen LogP contribution is -2.25. The number of nitrogens with two attached hydrogens (primary N) is 1. The minimum Gasteiger partial charge on any atom is -0.399 e.